The van der Waals surface area contributed by atoms with E-state index >= 15 is 0 Å². The van der Waals surface area contributed by atoms with Gasteiger partial charge >= 0.3 is 17.9 Å². The molecule has 4 rings (SSSR count). The van der Waals surface area contributed by atoms with Crippen LogP contribution < -0.4 is 4.90 Å². The SMILES string of the molecule is CCOC(=O)c1cccc(N2C(=O)[C@H]3[C@@H]4C=C[C@@](C(OC(C)=O)OC(C)=O)(O4)[C@@H]3C2=O)c1. The van der Waals surface area contributed by atoms with Gasteiger partial charge in [0, 0.05) is 13.8 Å². The Labute approximate surface area is 183 Å². The second-order valence-corrected chi connectivity index (χ2v) is 7.63. The van der Waals surface area contributed by atoms with E-state index in [9.17, 15) is 24.0 Å². The van der Waals surface area contributed by atoms with Crippen LogP contribution in [-0.4, -0.2) is 54.3 Å². The van der Waals surface area contributed by atoms with Gasteiger partial charge < -0.3 is 18.9 Å². The monoisotopic (exact) mass is 443 g/mol. The number of hydrogen-bond acceptors (Lipinski definition) is 9. The van der Waals surface area contributed by atoms with E-state index in [1.54, 1.807) is 13.0 Å². The van der Waals surface area contributed by atoms with Crippen molar-refractivity contribution >= 4 is 35.4 Å². The summed E-state index contributed by atoms with van der Waals surface area (Å²) in [5, 5.41) is 0. The van der Waals surface area contributed by atoms with Crippen molar-refractivity contribution in [3.63, 3.8) is 0 Å². The number of ether oxygens (including phenoxy) is 4. The lowest BCUT2D eigenvalue weighted by atomic mass is 9.76. The predicted octanol–water partition coefficient (Wildman–Crippen LogP) is 1.13. The molecule has 2 fully saturated rings. The number of nitrogens with zero attached hydrogens (tertiary/aromatic N) is 1. The molecule has 10 nitrogen and oxygen atoms in total. The molecule has 3 aliphatic heterocycles. The Kier molecular flexibility index (Phi) is 5.33. The zero-order valence-corrected chi connectivity index (χ0v) is 17.6. The van der Waals surface area contributed by atoms with E-state index in [0.29, 0.717) is 0 Å². The smallest absolute Gasteiger partial charge is 0.338 e. The van der Waals surface area contributed by atoms with Gasteiger partial charge in [-0.1, -0.05) is 12.1 Å². The zero-order chi connectivity index (χ0) is 23.2. The number of amides is 2. The summed E-state index contributed by atoms with van der Waals surface area (Å²) in [5.41, 5.74) is -1.25. The Hall–Kier alpha value is -3.53. The molecule has 168 valence electrons. The van der Waals surface area contributed by atoms with Gasteiger partial charge in [-0.3, -0.25) is 19.2 Å². The fourth-order valence-corrected chi connectivity index (χ4v) is 4.46. The summed E-state index contributed by atoms with van der Waals surface area (Å²) in [5.74, 6) is -5.19. The number of anilines is 1. The Bertz CT molecular complexity index is 1030. The van der Waals surface area contributed by atoms with Crippen molar-refractivity contribution in [3.05, 3.63) is 42.0 Å². The van der Waals surface area contributed by atoms with Crippen molar-refractivity contribution in [1.29, 1.82) is 0 Å². The molecular weight excluding hydrogens is 422 g/mol. The second-order valence-electron chi connectivity index (χ2n) is 7.63. The molecule has 0 radical (unpaired) electrons. The third-order valence-electron chi connectivity index (χ3n) is 5.61. The van der Waals surface area contributed by atoms with Crippen molar-refractivity contribution in [2.45, 2.75) is 38.8 Å². The van der Waals surface area contributed by atoms with Gasteiger partial charge in [0.05, 0.1) is 35.8 Å². The number of imide groups is 1. The van der Waals surface area contributed by atoms with E-state index in [1.807, 2.05) is 0 Å². The van der Waals surface area contributed by atoms with Crippen LogP contribution in [0.3, 0.4) is 0 Å². The Morgan fingerprint density at radius 1 is 1.12 bits per heavy atom. The van der Waals surface area contributed by atoms with Crippen molar-refractivity contribution in [1.82, 2.24) is 0 Å². The molecule has 2 amide bonds. The van der Waals surface area contributed by atoms with Crippen LogP contribution in [0.1, 0.15) is 31.1 Å². The first-order chi connectivity index (χ1) is 15.2. The summed E-state index contributed by atoms with van der Waals surface area (Å²) >= 11 is 0. The minimum Gasteiger partial charge on any atom is -0.462 e. The highest BCUT2D eigenvalue weighted by Crippen LogP contribution is 2.54. The van der Waals surface area contributed by atoms with Crippen molar-refractivity contribution in [2.75, 3.05) is 11.5 Å². The Morgan fingerprint density at radius 2 is 1.81 bits per heavy atom. The molecule has 32 heavy (non-hydrogen) atoms. The lowest BCUT2D eigenvalue weighted by molar-refractivity contribution is -0.226. The third kappa shape index (κ3) is 3.27. The van der Waals surface area contributed by atoms with Gasteiger partial charge in [0.15, 0.2) is 5.60 Å². The number of benzene rings is 1. The van der Waals surface area contributed by atoms with Crippen LogP contribution in [-0.2, 0) is 38.1 Å². The van der Waals surface area contributed by atoms with Gasteiger partial charge in [-0.2, -0.15) is 0 Å². The Morgan fingerprint density at radius 3 is 2.44 bits per heavy atom. The summed E-state index contributed by atoms with van der Waals surface area (Å²) in [6.07, 6.45) is 0.781. The Balaban J connectivity index is 1.71. The molecule has 3 aliphatic rings. The maximum atomic E-state index is 13.5. The van der Waals surface area contributed by atoms with Gasteiger partial charge in [-0.05, 0) is 31.2 Å². The number of carbonyl (C=O) groups excluding carboxylic acids is 5. The molecule has 0 saturated carbocycles. The topological polar surface area (TPSA) is 126 Å². The molecule has 0 spiro atoms. The van der Waals surface area contributed by atoms with E-state index < -0.39 is 59.6 Å². The van der Waals surface area contributed by atoms with Gasteiger partial charge in [0.1, 0.15) is 0 Å². The van der Waals surface area contributed by atoms with E-state index in [2.05, 4.69) is 0 Å². The van der Waals surface area contributed by atoms with Crippen LogP contribution in [0.5, 0.6) is 0 Å². The maximum absolute atomic E-state index is 13.5. The molecule has 3 heterocycles. The molecule has 1 aromatic rings. The first kappa shape index (κ1) is 21.7. The minimum absolute atomic E-state index is 0.176. The first-order valence-corrected chi connectivity index (χ1v) is 10.1. The maximum Gasteiger partial charge on any atom is 0.338 e. The van der Waals surface area contributed by atoms with Crippen LogP contribution in [0.15, 0.2) is 36.4 Å². The van der Waals surface area contributed by atoms with Gasteiger partial charge in [0.25, 0.3) is 6.29 Å². The van der Waals surface area contributed by atoms with Crippen molar-refractivity contribution < 1.29 is 42.9 Å². The predicted molar refractivity (Wildman–Crippen MR) is 106 cm³/mol. The molecule has 2 saturated heterocycles. The standard InChI is InChI=1S/C22H21NO9/c1-4-29-20(28)13-6-5-7-14(10-13)23-18(26)16-15-8-9-22(32-15,17(16)19(23)27)21(30-11(2)24)31-12(3)25/h5-10,15-17,21H,4H2,1-3H3/t15-,16-,17-,22+/m0/s1. The van der Waals surface area contributed by atoms with Crippen LogP contribution in [0.4, 0.5) is 5.69 Å². The fraction of sp³-hybridized carbons (Fsp3) is 0.409. The molecule has 0 aromatic heterocycles. The number of fused-ring (bicyclic) bond motifs is 5. The van der Waals surface area contributed by atoms with E-state index in [4.69, 9.17) is 18.9 Å². The average Bonchev–Trinajstić information content (AvgIpc) is 3.38. The van der Waals surface area contributed by atoms with Gasteiger partial charge in [-0.15, -0.1) is 0 Å². The van der Waals surface area contributed by atoms with Crippen LogP contribution in [0.25, 0.3) is 0 Å². The summed E-state index contributed by atoms with van der Waals surface area (Å²) in [6.45, 7) is 4.10. The van der Waals surface area contributed by atoms with Crippen molar-refractivity contribution in [2.24, 2.45) is 11.8 Å². The lowest BCUT2D eigenvalue weighted by Gasteiger charge is -2.34. The molecule has 2 bridgehead atoms. The lowest BCUT2D eigenvalue weighted by Crippen LogP contribution is -2.52. The van der Waals surface area contributed by atoms with Gasteiger partial charge in [0.2, 0.25) is 11.8 Å². The molecular formula is C22H21NO9. The third-order valence-corrected chi connectivity index (χ3v) is 5.61. The number of carbonyl (C=O) groups is 5. The average molecular weight is 443 g/mol. The van der Waals surface area contributed by atoms with Crippen LogP contribution in [0, 0.1) is 11.8 Å². The molecule has 4 atom stereocenters. The number of hydrogen-bond donors (Lipinski definition) is 0. The molecule has 0 aliphatic carbocycles. The highest BCUT2D eigenvalue weighted by Gasteiger charge is 2.72. The molecule has 1 aromatic carbocycles. The fourth-order valence-electron chi connectivity index (χ4n) is 4.46. The number of rotatable bonds is 6. The quantitative estimate of drug-likeness (QED) is 0.275. The molecule has 0 N–H and O–H groups in total. The summed E-state index contributed by atoms with van der Waals surface area (Å²) in [7, 11) is 0. The van der Waals surface area contributed by atoms with Gasteiger partial charge in [-0.25, -0.2) is 9.69 Å². The second kappa shape index (κ2) is 7.86. The zero-order valence-electron chi connectivity index (χ0n) is 17.6. The van der Waals surface area contributed by atoms with Crippen molar-refractivity contribution in [3.8, 4) is 0 Å². The van der Waals surface area contributed by atoms with E-state index in [0.717, 1.165) is 18.7 Å². The summed E-state index contributed by atoms with van der Waals surface area (Å²) in [4.78, 5) is 63.1. The minimum atomic E-state index is -1.63. The highest BCUT2D eigenvalue weighted by atomic mass is 16.7. The first-order valence-electron chi connectivity index (χ1n) is 10.1. The van der Waals surface area contributed by atoms with E-state index in [1.165, 1.54) is 30.3 Å². The summed E-state index contributed by atoms with van der Waals surface area (Å²) in [6, 6.07) is 5.97. The number of esters is 3. The van der Waals surface area contributed by atoms with E-state index in [-0.39, 0.29) is 17.9 Å². The normalized spacial score (nSPS) is 27.6. The molecule has 10 heteroatoms. The highest BCUT2D eigenvalue weighted by molar-refractivity contribution is 6.23. The van der Waals surface area contributed by atoms with Crippen LogP contribution in [0.2, 0.25) is 0 Å². The molecule has 0 unspecified atom stereocenters. The largest absolute Gasteiger partial charge is 0.462 e. The summed E-state index contributed by atoms with van der Waals surface area (Å²) < 4.78 is 21.2. The van der Waals surface area contributed by atoms with Crippen LogP contribution >= 0.6 is 0 Å².